The Morgan fingerprint density at radius 2 is 1.87 bits per heavy atom. The summed E-state index contributed by atoms with van der Waals surface area (Å²) in [6.07, 6.45) is 7.22. The van der Waals surface area contributed by atoms with Crippen LogP contribution in [-0.2, 0) is 0 Å². The SMILES string of the molecule is O=C(c1cn2ccnc(-c3ccc(F)cc3)c2n1)N1CCCC1. The molecule has 0 N–H and O–H groups in total. The van der Waals surface area contributed by atoms with Crippen molar-refractivity contribution in [3.05, 3.63) is 54.4 Å². The third-order valence-electron chi connectivity index (χ3n) is 4.11. The van der Waals surface area contributed by atoms with Crippen molar-refractivity contribution in [2.45, 2.75) is 12.8 Å². The van der Waals surface area contributed by atoms with Crippen LogP contribution in [0.15, 0.2) is 42.9 Å². The molecule has 0 unspecified atom stereocenters. The Kier molecular flexibility index (Phi) is 3.29. The van der Waals surface area contributed by atoms with Gasteiger partial charge >= 0.3 is 0 Å². The zero-order valence-electron chi connectivity index (χ0n) is 12.4. The number of fused-ring (bicyclic) bond motifs is 1. The van der Waals surface area contributed by atoms with Crippen molar-refractivity contribution in [3.63, 3.8) is 0 Å². The van der Waals surface area contributed by atoms with Crippen LogP contribution in [0.25, 0.3) is 16.9 Å². The van der Waals surface area contributed by atoms with Gasteiger partial charge < -0.3 is 9.30 Å². The molecule has 1 aliphatic heterocycles. The lowest BCUT2D eigenvalue weighted by atomic mass is 10.1. The summed E-state index contributed by atoms with van der Waals surface area (Å²) in [4.78, 5) is 23.1. The lowest BCUT2D eigenvalue weighted by Crippen LogP contribution is -2.27. The van der Waals surface area contributed by atoms with Gasteiger partial charge in [-0.25, -0.2) is 9.37 Å². The number of halogens is 1. The summed E-state index contributed by atoms with van der Waals surface area (Å²) in [6.45, 7) is 1.57. The lowest BCUT2D eigenvalue weighted by molar-refractivity contribution is 0.0787. The fraction of sp³-hybridized carbons (Fsp3) is 0.235. The minimum Gasteiger partial charge on any atom is -0.337 e. The van der Waals surface area contributed by atoms with Gasteiger partial charge in [-0.15, -0.1) is 0 Å². The Balaban J connectivity index is 1.78. The number of rotatable bonds is 2. The van der Waals surface area contributed by atoms with Gasteiger partial charge in [-0.2, -0.15) is 0 Å². The number of carbonyl (C=O) groups is 1. The molecule has 23 heavy (non-hydrogen) atoms. The number of carbonyl (C=O) groups excluding carboxylic acids is 1. The second kappa shape index (κ2) is 5.46. The third kappa shape index (κ3) is 2.46. The van der Waals surface area contributed by atoms with E-state index in [1.165, 1.54) is 12.1 Å². The Labute approximate surface area is 132 Å². The molecule has 0 radical (unpaired) electrons. The number of nitrogens with zero attached hydrogens (tertiary/aromatic N) is 4. The number of imidazole rings is 1. The monoisotopic (exact) mass is 310 g/mol. The molecule has 0 saturated carbocycles. The minimum absolute atomic E-state index is 0.0451. The van der Waals surface area contributed by atoms with E-state index in [0.29, 0.717) is 17.0 Å². The zero-order chi connectivity index (χ0) is 15.8. The van der Waals surface area contributed by atoms with Gasteiger partial charge in [0.2, 0.25) is 0 Å². The Hall–Kier alpha value is -2.76. The molecule has 5 nitrogen and oxygen atoms in total. The first-order valence-electron chi connectivity index (χ1n) is 7.61. The number of hydrogen-bond donors (Lipinski definition) is 0. The molecule has 0 bridgehead atoms. The van der Waals surface area contributed by atoms with Crippen LogP contribution in [0.1, 0.15) is 23.3 Å². The summed E-state index contributed by atoms with van der Waals surface area (Å²) in [5, 5.41) is 0. The van der Waals surface area contributed by atoms with Crippen molar-refractivity contribution < 1.29 is 9.18 Å². The first-order chi connectivity index (χ1) is 11.2. The van der Waals surface area contributed by atoms with E-state index in [0.717, 1.165) is 31.5 Å². The molecule has 4 rings (SSSR count). The average Bonchev–Trinajstić information content (AvgIpc) is 3.24. The Bertz CT molecular complexity index is 866. The maximum atomic E-state index is 13.1. The molecular formula is C17H15FN4O. The fourth-order valence-electron chi connectivity index (χ4n) is 2.92. The largest absolute Gasteiger partial charge is 0.337 e. The van der Waals surface area contributed by atoms with Gasteiger partial charge in [-0.05, 0) is 37.1 Å². The third-order valence-corrected chi connectivity index (χ3v) is 4.11. The zero-order valence-corrected chi connectivity index (χ0v) is 12.4. The molecule has 1 saturated heterocycles. The summed E-state index contributed by atoms with van der Waals surface area (Å²) in [5.41, 5.74) is 2.42. The smallest absolute Gasteiger partial charge is 0.274 e. The lowest BCUT2D eigenvalue weighted by Gasteiger charge is -2.12. The molecule has 2 aromatic heterocycles. The number of benzene rings is 1. The maximum absolute atomic E-state index is 13.1. The van der Waals surface area contributed by atoms with E-state index in [1.807, 2.05) is 4.90 Å². The van der Waals surface area contributed by atoms with E-state index >= 15 is 0 Å². The van der Waals surface area contributed by atoms with Crippen LogP contribution >= 0.6 is 0 Å². The molecule has 1 aliphatic rings. The molecule has 0 aliphatic carbocycles. The van der Waals surface area contributed by atoms with Crippen molar-refractivity contribution in [2.24, 2.45) is 0 Å². The topological polar surface area (TPSA) is 50.5 Å². The molecule has 6 heteroatoms. The molecule has 1 fully saturated rings. The predicted molar refractivity (Wildman–Crippen MR) is 83.5 cm³/mol. The molecular weight excluding hydrogens is 295 g/mol. The van der Waals surface area contributed by atoms with Crippen molar-refractivity contribution in [1.82, 2.24) is 19.3 Å². The van der Waals surface area contributed by atoms with Crippen LogP contribution in [0.3, 0.4) is 0 Å². The number of amides is 1. The van der Waals surface area contributed by atoms with Gasteiger partial charge in [0, 0.05) is 37.2 Å². The molecule has 3 aromatic rings. The summed E-state index contributed by atoms with van der Waals surface area (Å²) >= 11 is 0. The minimum atomic E-state index is -0.297. The van der Waals surface area contributed by atoms with E-state index in [9.17, 15) is 9.18 Å². The fourth-order valence-corrected chi connectivity index (χ4v) is 2.92. The Morgan fingerprint density at radius 3 is 2.61 bits per heavy atom. The predicted octanol–water partition coefficient (Wildman–Crippen LogP) is 2.77. The second-order valence-corrected chi connectivity index (χ2v) is 5.64. The highest BCUT2D eigenvalue weighted by Crippen LogP contribution is 2.23. The highest BCUT2D eigenvalue weighted by atomic mass is 19.1. The normalized spacial score (nSPS) is 14.6. The number of aromatic nitrogens is 3. The van der Waals surface area contributed by atoms with Crippen molar-refractivity contribution in [1.29, 1.82) is 0 Å². The van der Waals surface area contributed by atoms with Crippen molar-refractivity contribution in [3.8, 4) is 11.3 Å². The van der Waals surface area contributed by atoms with Gasteiger partial charge in [0.1, 0.15) is 17.2 Å². The molecule has 0 spiro atoms. The Morgan fingerprint density at radius 1 is 1.13 bits per heavy atom. The van der Waals surface area contributed by atoms with Crippen LogP contribution < -0.4 is 0 Å². The van der Waals surface area contributed by atoms with E-state index in [-0.39, 0.29) is 11.7 Å². The van der Waals surface area contributed by atoms with Gasteiger partial charge in [-0.1, -0.05) is 0 Å². The summed E-state index contributed by atoms with van der Waals surface area (Å²) in [5.74, 6) is -0.342. The van der Waals surface area contributed by atoms with Crippen LogP contribution in [0.2, 0.25) is 0 Å². The van der Waals surface area contributed by atoms with Crippen molar-refractivity contribution >= 4 is 11.6 Å². The molecule has 0 atom stereocenters. The maximum Gasteiger partial charge on any atom is 0.274 e. The average molecular weight is 310 g/mol. The molecule has 1 aromatic carbocycles. The summed E-state index contributed by atoms with van der Waals surface area (Å²) < 4.78 is 14.9. The summed E-state index contributed by atoms with van der Waals surface area (Å²) in [7, 11) is 0. The van der Waals surface area contributed by atoms with Gasteiger partial charge in [0.25, 0.3) is 5.91 Å². The van der Waals surface area contributed by atoms with Crippen LogP contribution in [-0.4, -0.2) is 38.3 Å². The van der Waals surface area contributed by atoms with Gasteiger partial charge in [0.05, 0.1) is 0 Å². The van der Waals surface area contributed by atoms with Crippen LogP contribution in [0.5, 0.6) is 0 Å². The first-order valence-corrected chi connectivity index (χ1v) is 7.61. The van der Waals surface area contributed by atoms with E-state index in [1.54, 1.807) is 35.1 Å². The van der Waals surface area contributed by atoms with Gasteiger partial charge in [0.15, 0.2) is 5.65 Å². The highest BCUT2D eigenvalue weighted by molar-refractivity contribution is 5.93. The first kappa shape index (κ1) is 13.9. The molecule has 1 amide bonds. The van der Waals surface area contributed by atoms with E-state index < -0.39 is 0 Å². The summed E-state index contributed by atoms with van der Waals surface area (Å²) in [6, 6.07) is 6.10. The van der Waals surface area contributed by atoms with Crippen LogP contribution in [0, 0.1) is 5.82 Å². The standard InChI is InChI=1S/C17H15FN4O/c18-13-5-3-12(4-6-13)15-16-20-14(11-22(16)10-7-19-15)17(23)21-8-1-2-9-21/h3-7,10-11H,1-2,8-9H2. The van der Waals surface area contributed by atoms with Crippen LogP contribution in [0.4, 0.5) is 4.39 Å². The molecule has 3 heterocycles. The number of likely N-dealkylation sites (tertiary alicyclic amines) is 1. The second-order valence-electron chi connectivity index (χ2n) is 5.64. The quantitative estimate of drug-likeness (QED) is 0.731. The van der Waals surface area contributed by atoms with E-state index in [4.69, 9.17) is 0 Å². The number of hydrogen-bond acceptors (Lipinski definition) is 3. The highest BCUT2D eigenvalue weighted by Gasteiger charge is 2.22. The van der Waals surface area contributed by atoms with Gasteiger partial charge in [-0.3, -0.25) is 9.78 Å². The van der Waals surface area contributed by atoms with Crippen molar-refractivity contribution in [2.75, 3.05) is 13.1 Å². The molecule has 116 valence electrons. The van der Waals surface area contributed by atoms with E-state index in [2.05, 4.69) is 9.97 Å².